The first kappa shape index (κ1) is 10.0. The van der Waals surface area contributed by atoms with Gasteiger partial charge in [-0.25, -0.2) is 13.2 Å². The van der Waals surface area contributed by atoms with Gasteiger partial charge in [0.15, 0.2) is 11.6 Å². The first-order chi connectivity index (χ1) is 7.00. The highest BCUT2D eigenvalue weighted by molar-refractivity contribution is 5.52. The van der Waals surface area contributed by atoms with Crippen molar-refractivity contribution in [2.45, 2.75) is 12.9 Å². The number of ether oxygens (including phenoxy) is 2. The second-order valence-electron chi connectivity index (χ2n) is 2.84. The standard InChI is InChI=1S/C8H5F4NO2/c9-2-1-3-4(5(10)6(2)13)7(11)15-8(12)14-3/h1,7-8H,13H2. The van der Waals surface area contributed by atoms with E-state index in [0.29, 0.717) is 6.07 Å². The van der Waals surface area contributed by atoms with E-state index < -0.39 is 41.5 Å². The highest BCUT2D eigenvalue weighted by Gasteiger charge is 2.33. The number of nitrogens with two attached hydrogens (primary N) is 1. The van der Waals surface area contributed by atoms with E-state index in [-0.39, 0.29) is 0 Å². The van der Waals surface area contributed by atoms with Gasteiger partial charge in [-0.15, -0.1) is 0 Å². The number of hydrogen-bond acceptors (Lipinski definition) is 3. The molecule has 1 aliphatic rings. The van der Waals surface area contributed by atoms with E-state index in [1.165, 1.54) is 0 Å². The summed E-state index contributed by atoms with van der Waals surface area (Å²) in [5.41, 5.74) is 3.39. The van der Waals surface area contributed by atoms with Crippen LogP contribution in [0.15, 0.2) is 6.07 Å². The molecule has 0 bridgehead atoms. The summed E-state index contributed by atoms with van der Waals surface area (Å²) in [4.78, 5) is 0. The van der Waals surface area contributed by atoms with Crippen LogP contribution in [0.3, 0.4) is 0 Å². The van der Waals surface area contributed by atoms with Crippen molar-refractivity contribution < 1.29 is 27.0 Å². The van der Waals surface area contributed by atoms with E-state index >= 15 is 0 Å². The molecule has 1 aromatic carbocycles. The maximum atomic E-state index is 13.2. The maximum absolute atomic E-state index is 13.2. The molecule has 0 radical (unpaired) electrons. The van der Waals surface area contributed by atoms with Crippen LogP contribution in [0.5, 0.6) is 5.75 Å². The van der Waals surface area contributed by atoms with Crippen LogP contribution in [0.25, 0.3) is 0 Å². The second-order valence-corrected chi connectivity index (χ2v) is 2.84. The van der Waals surface area contributed by atoms with E-state index in [9.17, 15) is 17.6 Å². The molecule has 7 heteroatoms. The topological polar surface area (TPSA) is 44.5 Å². The Morgan fingerprint density at radius 2 is 1.93 bits per heavy atom. The predicted octanol–water partition coefficient (Wildman–Crippen LogP) is 2.18. The number of rotatable bonds is 0. The van der Waals surface area contributed by atoms with Crippen LogP contribution in [0.1, 0.15) is 11.9 Å². The molecule has 1 aliphatic heterocycles. The van der Waals surface area contributed by atoms with Crippen molar-refractivity contribution in [2.75, 3.05) is 5.73 Å². The molecule has 1 heterocycles. The molecule has 0 amide bonds. The summed E-state index contributed by atoms with van der Waals surface area (Å²) < 4.78 is 59.8. The molecule has 0 fully saturated rings. The van der Waals surface area contributed by atoms with E-state index in [4.69, 9.17) is 5.73 Å². The van der Waals surface area contributed by atoms with Gasteiger partial charge >= 0.3 is 6.54 Å². The second kappa shape index (κ2) is 3.27. The van der Waals surface area contributed by atoms with Crippen molar-refractivity contribution in [1.82, 2.24) is 0 Å². The predicted molar refractivity (Wildman–Crippen MR) is 41.2 cm³/mol. The summed E-state index contributed by atoms with van der Waals surface area (Å²) in [6.45, 7) is -2.39. The normalized spacial score (nSPS) is 24.5. The van der Waals surface area contributed by atoms with Gasteiger partial charge in [-0.05, 0) is 0 Å². The summed E-state index contributed by atoms with van der Waals surface area (Å²) >= 11 is 0. The number of benzene rings is 1. The quantitative estimate of drug-likeness (QED) is 0.541. The maximum Gasteiger partial charge on any atom is 0.355 e. The van der Waals surface area contributed by atoms with Crippen molar-refractivity contribution >= 4 is 5.69 Å². The molecule has 0 saturated heterocycles. The Labute approximate surface area is 81.4 Å². The molecule has 2 N–H and O–H groups in total. The fourth-order valence-electron chi connectivity index (χ4n) is 1.23. The van der Waals surface area contributed by atoms with Gasteiger partial charge in [-0.1, -0.05) is 0 Å². The van der Waals surface area contributed by atoms with Gasteiger partial charge < -0.3 is 10.5 Å². The minimum absolute atomic E-state index is 0.592. The van der Waals surface area contributed by atoms with Crippen LogP contribution in [0.2, 0.25) is 0 Å². The van der Waals surface area contributed by atoms with Crippen molar-refractivity contribution in [3.8, 4) is 5.75 Å². The summed E-state index contributed by atoms with van der Waals surface area (Å²) in [6.07, 6.45) is -2.37. The molecule has 2 atom stereocenters. The van der Waals surface area contributed by atoms with Gasteiger partial charge in [0.05, 0.1) is 5.56 Å². The lowest BCUT2D eigenvalue weighted by Gasteiger charge is -2.24. The van der Waals surface area contributed by atoms with Gasteiger partial charge in [0.2, 0.25) is 6.36 Å². The lowest BCUT2D eigenvalue weighted by molar-refractivity contribution is -0.245. The van der Waals surface area contributed by atoms with Crippen LogP contribution in [-0.4, -0.2) is 6.54 Å². The Hall–Kier alpha value is -1.50. The average molecular weight is 223 g/mol. The van der Waals surface area contributed by atoms with Crippen LogP contribution in [-0.2, 0) is 4.74 Å². The van der Waals surface area contributed by atoms with Crippen LogP contribution < -0.4 is 10.5 Å². The van der Waals surface area contributed by atoms with Crippen molar-refractivity contribution in [3.63, 3.8) is 0 Å². The third kappa shape index (κ3) is 1.48. The van der Waals surface area contributed by atoms with E-state index in [1.807, 2.05) is 0 Å². The van der Waals surface area contributed by atoms with Crippen LogP contribution in [0, 0.1) is 11.6 Å². The Kier molecular flexibility index (Phi) is 2.18. The zero-order valence-corrected chi connectivity index (χ0v) is 7.14. The van der Waals surface area contributed by atoms with Gasteiger partial charge in [0, 0.05) is 6.07 Å². The van der Waals surface area contributed by atoms with Gasteiger partial charge in [-0.3, -0.25) is 4.74 Å². The monoisotopic (exact) mass is 223 g/mol. The molecule has 3 nitrogen and oxygen atoms in total. The Morgan fingerprint density at radius 3 is 2.60 bits per heavy atom. The lowest BCUT2D eigenvalue weighted by atomic mass is 10.1. The molecular weight excluding hydrogens is 218 g/mol. The fraction of sp³-hybridized carbons (Fsp3) is 0.250. The summed E-state index contributed by atoms with van der Waals surface area (Å²) in [5.74, 6) is -3.08. The number of hydrogen-bond donors (Lipinski definition) is 1. The van der Waals surface area contributed by atoms with E-state index in [1.54, 1.807) is 0 Å². The molecule has 0 aromatic heterocycles. The highest BCUT2D eigenvalue weighted by Crippen LogP contribution is 2.40. The number of alkyl halides is 2. The van der Waals surface area contributed by atoms with Crippen molar-refractivity contribution in [3.05, 3.63) is 23.3 Å². The van der Waals surface area contributed by atoms with Crippen molar-refractivity contribution in [2.24, 2.45) is 0 Å². The SMILES string of the molecule is Nc1c(F)cc2c(c1F)C(F)OC(F)O2. The molecule has 82 valence electrons. The zero-order valence-electron chi connectivity index (χ0n) is 7.14. The molecule has 2 unspecified atom stereocenters. The third-order valence-electron chi connectivity index (χ3n) is 1.93. The molecule has 2 rings (SSSR count). The largest absolute Gasteiger partial charge is 0.437 e. The van der Waals surface area contributed by atoms with Crippen molar-refractivity contribution in [1.29, 1.82) is 0 Å². The van der Waals surface area contributed by atoms with Gasteiger partial charge in [0.25, 0.3) is 0 Å². The van der Waals surface area contributed by atoms with Crippen LogP contribution in [0.4, 0.5) is 23.2 Å². The Morgan fingerprint density at radius 1 is 1.27 bits per heavy atom. The molecule has 0 aliphatic carbocycles. The van der Waals surface area contributed by atoms with E-state index in [0.717, 1.165) is 0 Å². The van der Waals surface area contributed by atoms with Gasteiger partial charge in [-0.2, -0.15) is 4.39 Å². The smallest absolute Gasteiger partial charge is 0.355 e. The minimum Gasteiger partial charge on any atom is -0.437 e. The number of anilines is 1. The fourth-order valence-corrected chi connectivity index (χ4v) is 1.23. The number of halogens is 4. The molecule has 15 heavy (non-hydrogen) atoms. The first-order valence-electron chi connectivity index (χ1n) is 3.88. The van der Waals surface area contributed by atoms with E-state index in [2.05, 4.69) is 9.47 Å². The third-order valence-corrected chi connectivity index (χ3v) is 1.93. The Bertz CT molecular complexity index is 412. The lowest BCUT2D eigenvalue weighted by Crippen LogP contribution is -2.24. The number of nitrogen functional groups attached to an aromatic ring is 1. The summed E-state index contributed by atoms with van der Waals surface area (Å²) in [5, 5.41) is 0. The molecular formula is C8H5F4NO2. The summed E-state index contributed by atoms with van der Waals surface area (Å²) in [6, 6.07) is 0.607. The molecule has 1 aromatic rings. The van der Waals surface area contributed by atoms with Crippen LogP contribution >= 0.6 is 0 Å². The molecule has 0 spiro atoms. The Balaban J connectivity index is 2.60. The first-order valence-corrected chi connectivity index (χ1v) is 3.88. The number of fused-ring (bicyclic) bond motifs is 1. The minimum atomic E-state index is -2.39. The average Bonchev–Trinajstić information content (AvgIpc) is 2.13. The molecule has 0 saturated carbocycles. The van der Waals surface area contributed by atoms with Gasteiger partial charge in [0.1, 0.15) is 11.4 Å². The highest BCUT2D eigenvalue weighted by atomic mass is 19.2. The zero-order chi connectivity index (χ0) is 11.2. The summed E-state index contributed by atoms with van der Waals surface area (Å²) in [7, 11) is 0.